The molecule has 2 aromatic rings. The zero-order valence-corrected chi connectivity index (χ0v) is 17.2. The molecule has 3 rings (SSSR count). The standard InChI is InChI=1S/C18H10BrCl2F3O2S/c19-15-3-9(1-2-14(15)16(25)26)10-7-17(27-8-10,18(22,23)24)11-4-12(20)6-13(21)5-11/h1-6,8H,7H2,(H,25,26). The van der Waals surface area contributed by atoms with Gasteiger partial charge in [-0.15, -0.1) is 11.8 Å². The molecule has 1 heterocycles. The minimum absolute atomic E-state index is 0.0232. The molecule has 0 bridgehead atoms. The average Bonchev–Trinajstić information content (AvgIpc) is 3.00. The van der Waals surface area contributed by atoms with Crippen LogP contribution in [0.3, 0.4) is 0 Å². The van der Waals surface area contributed by atoms with Crippen molar-refractivity contribution in [3.8, 4) is 0 Å². The lowest BCUT2D eigenvalue weighted by molar-refractivity contribution is -0.160. The van der Waals surface area contributed by atoms with E-state index in [0.717, 1.165) is 0 Å². The predicted octanol–water partition coefficient (Wildman–Crippen LogP) is 7.39. The highest BCUT2D eigenvalue weighted by Crippen LogP contribution is 2.60. The third-order valence-electron chi connectivity index (χ3n) is 4.20. The van der Waals surface area contributed by atoms with E-state index in [9.17, 15) is 18.0 Å². The van der Waals surface area contributed by atoms with Crippen molar-refractivity contribution in [2.45, 2.75) is 17.3 Å². The highest BCUT2D eigenvalue weighted by molar-refractivity contribution is 9.10. The number of rotatable bonds is 3. The molecule has 0 saturated carbocycles. The maximum Gasteiger partial charge on any atom is 0.407 e. The van der Waals surface area contributed by atoms with E-state index in [4.69, 9.17) is 28.3 Å². The largest absolute Gasteiger partial charge is 0.478 e. The summed E-state index contributed by atoms with van der Waals surface area (Å²) in [5.74, 6) is -1.12. The number of alkyl halides is 3. The Balaban J connectivity index is 2.02. The van der Waals surface area contributed by atoms with Crippen LogP contribution in [0.15, 0.2) is 46.3 Å². The van der Waals surface area contributed by atoms with Crippen LogP contribution < -0.4 is 0 Å². The van der Waals surface area contributed by atoms with Crippen molar-refractivity contribution in [2.75, 3.05) is 0 Å². The van der Waals surface area contributed by atoms with Crippen molar-refractivity contribution in [3.05, 3.63) is 73.0 Å². The lowest BCUT2D eigenvalue weighted by Crippen LogP contribution is -2.37. The molecule has 1 unspecified atom stereocenters. The molecule has 1 atom stereocenters. The number of thioether (sulfide) groups is 1. The van der Waals surface area contributed by atoms with Crippen LogP contribution in [0, 0.1) is 0 Å². The molecule has 0 saturated heterocycles. The third-order valence-corrected chi connectivity index (χ3v) is 6.71. The minimum atomic E-state index is -4.55. The summed E-state index contributed by atoms with van der Waals surface area (Å²) in [5.41, 5.74) is 0.975. The third kappa shape index (κ3) is 3.88. The van der Waals surface area contributed by atoms with E-state index < -0.39 is 16.9 Å². The SMILES string of the molecule is O=C(O)c1ccc(C2=CSC(c3cc(Cl)cc(Cl)c3)(C(F)(F)F)C2)cc1Br. The van der Waals surface area contributed by atoms with Crippen molar-refractivity contribution >= 4 is 62.4 Å². The van der Waals surface area contributed by atoms with Gasteiger partial charge < -0.3 is 5.11 Å². The van der Waals surface area contributed by atoms with E-state index in [0.29, 0.717) is 27.4 Å². The second-order valence-electron chi connectivity index (χ2n) is 5.92. The number of carbonyl (C=O) groups is 1. The van der Waals surface area contributed by atoms with Crippen LogP contribution in [-0.2, 0) is 4.75 Å². The van der Waals surface area contributed by atoms with Gasteiger partial charge in [-0.25, -0.2) is 4.79 Å². The lowest BCUT2D eigenvalue weighted by atomic mass is 9.88. The zero-order chi connectivity index (χ0) is 20.0. The number of aromatic carboxylic acids is 1. The van der Waals surface area contributed by atoms with Crippen LogP contribution in [0.2, 0.25) is 10.0 Å². The molecule has 0 aliphatic carbocycles. The first-order valence-electron chi connectivity index (χ1n) is 7.47. The Bertz CT molecular complexity index is 942. The second-order valence-corrected chi connectivity index (χ2v) is 8.82. The molecule has 2 aromatic carbocycles. The fraction of sp³-hybridized carbons (Fsp3) is 0.167. The van der Waals surface area contributed by atoms with Crippen LogP contribution >= 0.6 is 50.9 Å². The summed E-state index contributed by atoms with van der Waals surface area (Å²) in [5, 5.41) is 10.8. The van der Waals surface area contributed by atoms with Gasteiger partial charge in [-0.2, -0.15) is 13.2 Å². The molecule has 0 aromatic heterocycles. The number of carboxylic acid groups (broad SMARTS) is 1. The summed E-state index contributed by atoms with van der Waals surface area (Å²) in [6, 6.07) is 8.29. The Labute approximate surface area is 175 Å². The predicted molar refractivity (Wildman–Crippen MR) is 105 cm³/mol. The normalized spacial score (nSPS) is 19.9. The van der Waals surface area contributed by atoms with Gasteiger partial charge in [0.2, 0.25) is 0 Å². The van der Waals surface area contributed by atoms with Crippen molar-refractivity contribution in [2.24, 2.45) is 0 Å². The molecule has 1 N–H and O–H groups in total. The van der Waals surface area contributed by atoms with Crippen LogP contribution in [-0.4, -0.2) is 17.3 Å². The molecule has 2 nitrogen and oxygen atoms in total. The minimum Gasteiger partial charge on any atom is -0.478 e. The van der Waals surface area contributed by atoms with E-state index in [2.05, 4.69) is 15.9 Å². The van der Waals surface area contributed by atoms with E-state index >= 15 is 0 Å². The van der Waals surface area contributed by atoms with Gasteiger partial charge in [-0.1, -0.05) is 29.3 Å². The molecule has 9 heteroatoms. The monoisotopic (exact) mass is 496 g/mol. The van der Waals surface area contributed by atoms with E-state index in [1.54, 1.807) is 0 Å². The van der Waals surface area contributed by atoms with Crippen LogP contribution in [0.25, 0.3) is 5.57 Å². The van der Waals surface area contributed by atoms with Crippen LogP contribution in [0.1, 0.15) is 27.9 Å². The highest BCUT2D eigenvalue weighted by Gasteiger charge is 2.58. The Morgan fingerprint density at radius 2 is 1.78 bits per heavy atom. The molecule has 142 valence electrons. The first-order valence-corrected chi connectivity index (χ1v) is 9.90. The summed E-state index contributed by atoms with van der Waals surface area (Å²) in [6.45, 7) is 0. The number of hydrogen-bond donors (Lipinski definition) is 1. The van der Waals surface area contributed by atoms with Crippen LogP contribution in [0.4, 0.5) is 13.2 Å². The molecular formula is C18H10BrCl2F3O2S. The first-order chi connectivity index (χ1) is 12.5. The Hall–Kier alpha value is -1.15. The Kier molecular flexibility index (Phi) is 5.60. The second kappa shape index (κ2) is 7.35. The quantitative estimate of drug-likeness (QED) is 0.480. The van der Waals surface area contributed by atoms with Crippen molar-refractivity contribution < 1.29 is 23.1 Å². The topological polar surface area (TPSA) is 37.3 Å². The molecule has 0 fully saturated rings. The smallest absolute Gasteiger partial charge is 0.407 e. The lowest BCUT2D eigenvalue weighted by Gasteiger charge is -2.32. The molecule has 0 spiro atoms. The van der Waals surface area contributed by atoms with Crippen LogP contribution in [0.5, 0.6) is 0 Å². The molecular weight excluding hydrogens is 488 g/mol. The van der Waals surface area contributed by atoms with Crippen molar-refractivity contribution in [1.29, 1.82) is 0 Å². The molecule has 0 amide bonds. The van der Waals surface area contributed by atoms with Gasteiger partial charge in [-0.3, -0.25) is 0 Å². The number of halogens is 6. The number of hydrogen-bond acceptors (Lipinski definition) is 2. The summed E-state index contributed by atoms with van der Waals surface area (Å²) in [4.78, 5) is 11.1. The van der Waals surface area contributed by atoms with Gasteiger partial charge in [0.15, 0.2) is 0 Å². The van der Waals surface area contributed by atoms with Gasteiger partial charge in [-0.05, 0) is 68.4 Å². The highest BCUT2D eigenvalue weighted by atomic mass is 79.9. The average molecular weight is 498 g/mol. The van der Waals surface area contributed by atoms with Gasteiger partial charge in [0.1, 0.15) is 4.75 Å². The van der Waals surface area contributed by atoms with Gasteiger partial charge in [0, 0.05) is 20.9 Å². The molecule has 0 radical (unpaired) electrons. The number of benzene rings is 2. The first kappa shape index (κ1) is 20.6. The van der Waals surface area contributed by atoms with E-state index in [1.165, 1.54) is 41.8 Å². The van der Waals surface area contributed by atoms with Gasteiger partial charge >= 0.3 is 12.1 Å². The zero-order valence-electron chi connectivity index (χ0n) is 13.3. The molecule has 1 aliphatic heterocycles. The number of allylic oxidation sites excluding steroid dienone is 1. The van der Waals surface area contributed by atoms with E-state index in [1.807, 2.05) is 0 Å². The number of carboxylic acids is 1. The molecule has 1 aliphatic rings. The van der Waals surface area contributed by atoms with Crippen molar-refractivity contribution in [1.82, 2.24) is 0 Å². The summed E-state index contributed by atoms with van der Waals surface area (Å²) in [7, 11) is 0. The Morgan fingerprint density at radius 1 is 1.15 bits per heavy atom. The summed E-state index contributed by atoms with van der Waals surface area (Å²) < 4.78 is 40.3. The van der Waals surface area contributed by atoms with E-state index in [-0.39, 0.29) is 27.6 Å². The fourth-order valence-electron chi connectivity index (χ4n) is 2.87. The van der Waals surface area contributed by atoms with Gasteiger partial charge in [0.25, 0.3) is 0 Å². The fourth-order valence-corrected chi connectivity index (χ4v) is 5.13. The maximum atomic E-state index is 14.1. The van der Waals surface area contributed by atoms with Crippen molar-refractivity contribution in [3.63, 3.8) is 0 Å². The maximum absolute atomic E-state index is 14.1. The summed E-state index contributed by atoms with van der Waals surface area (Å²) in [6.07, 6.45) is -4.88. The van der Waals surface area contributed by atoms with Gasteiger partial charge in [0.05, 0.1) is 5.56 Å². The molecule has 27 heavy (non-hydrogen) atoms. The Morgan fingerprint density at radius 3 is 2.30 bits per heavy atom. The summed E-state index contributed by atoms with van der Waals surface area (Å²) >= 11 is 15.6.